The highest BCUT2D eigenvalue weighted by molar-refractivity contribution is 7.03. The van der Waals surface area contributed by atoms with Crippen molar-refractivity contribution in [2.75, 3.05) is 0 Å². The molecule has 0 N–H and O–H groups in total. The molecule has 0 unspecified atom stereocenters. The SMILES string of the molecule is CC(C)(C)C1(C)C(C)(C)[Si](C)(C)C(C)(C)[Si](C)(C)C1(C)C. The molecule has 1 aliphatic heterocycles. The molecule has 126 valence electrons. The molecule has 1 heterocycles. The molecule has 0 atom stereocenters. The van der Waals surface area contributed by atoms with Gasteiger partial charge in [-0.05, 0) is 25.6 Å². The minimum atomic E-state index is -1.45. The van der Waals surface area contributed by atoms with Gasteiger partial charge in [-0.2, -0.15) is 0 Å². The first-order valence-electron chi connectivity index (χ1n) is 8.75. The van der Waals surface area contributed by atoms with Crippen LogP contribution < -0.4 is 0 Å². The summed E-state index contributed by atoms with van der Waals surface area (Å²) in [6, 6.07) is 0. The van der Waals surface area contributed by atoms with E-state index >= 15 is 0 Å². The van der Waals surface area contributed by atoms with Crippen molar-refractivity contribution in [3.05, 3.63) is 0 Å². The van der Waals surface area contributed by atoms with Crippen LogP contribution in [0, 0.1) is 10.8 Å². The molecule has 1 aliphatic rings. The Bertz CT molecular complexity index is 401. The first-order valence-corrected chi connectivity index (χ1v) is 14.8. The Labute approximate surface area is 137 Å². The van der Waals surface area contributed by atoms with Crippen molar-refractivity contribution >= 4 is 16.1 Å². The maximum Gasteiger partial charge on any atom is 0.0566 e. The van der Waals surface area contributed by atoms with Gasteiger partial charge in [0.2, 0.25) is 0 Å². The molecule has 0 nitrogen and oxygen atoms in total. The Morgan fingerprint density at radius 1 is 0.571 bits per heavy atom. The fourth-order valence-corrected chi connectivity index (χ4v) is 21.5. The van der Waals surface area contributed by atoms with E-state index in [2.05, 4.69) is 95.4 Å². The van der Waals surface area contributed by atoms with E-state index in [-0.39, 0.29) is 0 Å². The van der Waals surface area contributed by atoms with Crippen molar-refractivity contribution < 1.29 is 0 Å². The standard InChI is InChI=1S/C19H42Si2/c1-15(2,3)19(10)16(4,5)20(11,12)18(8,9)21(13,14)17(19,6)7/h1-14H3. The maximum atomic E-state index is 2.68. The van der Waals surface area contributed by atoms with Gasteiger partial charge in [-0.25, -0.2) is 0 Å². The summed E-state index contributed by atoms with van der Waals surface area (Å²) in [5, 5.41) is 0.821. The molecule has 0 radical (unpaired) electrons. The van der Waals surface area contributed by atoms with Gasteiger partial charge in [0, 0.05) is 0 Å². The molecule has 21 heavy (non-hydrogen) atoms. The predicted molar refractivity (Wildman–Crippen MR) is 105 cm³/mol. The van der Waals surface area contributed by atoms with Gasteiger partial charge in [-0.1, -0.05) is 95.4 Å². The third kappa shape index (κ3) is 1.73. The molecule has 0 aliphatic carbocycles. The van der Waals surface area contributed by atoms with Crippen molar-refractivity contribution in [2.24, 2.45) is 10.8 Å². The second-order valence-electron chi connectivity index (χ2n) is 11.5. The fraction of sp³-hybridized carbons (Fsp3) is 1.00. The first kappa shape index (κ1) is 19.5. The lowest BCUT2D eigenvalue weighted by atomic mass is 9.55. The van der Waals surface area contributed by atoms with Gasteiger partial charge >= 0.3 is 0 Å². The lowest BCUT2D eigenvalue weighted by Crippen LogP contribution is -2.76. The molecule has 0 bridgehead atoms. The zero-order valence-electron chi connectivity index (χ0n) is 17.5. The van der Waals surface area contributed by atoms with Crippen LogP contribution in [0.15, 0.2) is 0 Å². The van der Waals surface area contributed by atoms with Crippen LogP contribution in [0.3, 0.4) is 0 Å². The second-order valence-corrected chi connectivity index (χ2v) is 23.5. The van der Waals surface area contributed by atoms with Crippen LogP contribution in [0.4, 0.5) is 0 Å². The van der Waals surface area contributed by atoms with Crippen LogP contribution in [0.5, 0.6) is 0 Å². The van der Waals surface area contributed by atoms with Crippen LogP contribution >= 0.6 is 0 Å². The number of rotatable bonds is 0. The lowest BCUT2D eigenvalue weighted by molar-refractivity contribution is 0.00313. The summed E-state index contributed by atoms with van der Waals surface area (Å²) in [6.45, 7) is 36.5. The van der Waals surface area contributed by atoms with E-state index in [1.165, 1.54) is 0 Å². The van der Waals surface area contributed by atoms with Gasteiger partial charge in [0.1, 0.15) is 0 Å². The van der Waals surface area contributed by atoms with Gasteiger partial charge in [-0.3, -0.25) is 0 Å². The minimum Gasteiger partial charge on any atom is -0.0688 e. The van der Waals surface area contributed by atoms with Crippen LogP contribution in [0.1, 0.15) is 69.2 Å². The van der Waals surface area contributed by atoms with Crippen molar-refractivity contribution in [3.8, 4) is 0 Å². The Morgan fingerprint density at radius 3 is 1.00 bits per heavy atom. The number of hydrogen-bond acceptors (Lipinski definition) is 0. The maximum absolute atomic E-state index is 2.68. The summed E-state index contributed by atoms with van der Waals surface area (Å²) in [4.78, 5) is 0. The second kappa shape index (κ2) is 4.29. The summed E-state index contributed by atoms with van der Waals surface area (Å²) in [7, 11) is -2.91. The van der Waals surface area contributed by atoms with Crippen LogP contribution in [0.2, 0.25) is 40.9 Å². The van der Waals surface area contributed by atoms with Crippen molar-refractivity contribution in [3.63, 3.8) is 0 Å². The van der Waals surface area contributed by atoms with Crippen LogP contribution in [0.25, 0.3) is 0 Å². The largest absolute Gasteiger partial charge is 0.0688 e. The molecule has 1 saturated heterocycles. The van der Waals surface area contributed by atoms with E-state index < -0.39 is 16.1 Å². The summed E-state index contributed by atoms with van der Waals surface area (Å²) in [5.41, 5.74) is 0.680. The highest BCUT2D eigenvalue weighted by Crippen LogP contribution is 2.82. The third-order valence-electron chi connectivity index (χ3n) is 10.2. The van der Waals surface area contributed by atoms with E-state index in [0.29, 0.717) is 25.6 Å². The molecule has 0 amide bonds. The first-order chi connectivity index (χ1) is 8.75. The molecular formula is C19H42Si2. The minimum absolute atomic E-state index is 0.324. The quantitative estimate of drug-likeness (QED) is 0.408. The van der Waals surface area contributed by atoms with E-state index in [0.717, 1.165) is 0 Å². The molecule has 1 fully saturated rings. The molecule has 0 aromatic rings. The molecule has 0 aromatic heterocycles. The summed E-state index contributed by atoms with van der Waals surface area (Å²) in [5.74, 6) is 0. The monoisotopic (exact) mass is 326 g/mol. The Balaban J connectivity index is 3.93. The Hall–Kier alpha value is 0.434. The zero-order valence-corrected chi connectivity index (χ0v) is 19.5. The topological polar surface area (TPSA) is 0 Å². The summed E-state index contributed by atoms with van der Waals surface area (Å²) in [6.07, 6.45) is 0. The van der Waals surface area contributed by atoms with Gasteiger partial charge < -0.3 is 0 Å². The zero-order chi connectivity index (χ0) is 17.5. The van der Waals surface area contributed by atoms with Crippen molar-refractivity contribution in [1.82, 2.24) is 0 Å². The molecule has 2 heteroatoms. The molecular weight excluding hydrogens is 284 g/mol. The van der Waals surface area contributed by atoms with E-state index in [4.69, 9.17) is 0 Å². The van der Waals surface area contributed by atoms with E-state index in [1.54, 1.807) is 0 Å². The molecule has 1 rings (SSSR count). The summed E-state index contributed by atoms with van der Waals surface area (Å²) >= 11 is 0. The van der Waals surface area contributed by atoms with Gasteiger partial charge in [-0.15, -0.1) is 0 Å². The molecule has 0 aromatic carbocycles. The number of hydrogen-bond donors (Lipinski definition) is 0. The highest BCUT2D eigenvalue weighted by atomic mass is 28.4. The van der Waals surface area contributed by atoms with E-state index in [1.807, 2.05) is 0 Å². The van der Waals surface area contributed by atoms with Gasteiger partial charge in [0.15, 0.2) is 0 Å². The molecule has 0 spiro atoms. The third-order valence-corrected chi connectivity index (χ3v) is 27.5. The predicted octanol–water partition coefficient (Wildman–Crippen LogP) is 7.35. The fourth-order valence-electron chi connectivity index (χ4n) is 6.25. The average molecular weight is 327 g/mol. The Kier molecular flexibility index (Phi) is 3.98. The molecule has 0 saturated carbocycles. The normalized spacial score (nSPS) is 31.7. The van der Waals surface area contributed by atoms with Gasteiger partial charge in [0.05, 0.1) is 16.1 Å². The van der Waals surface area contributed by atoms with Gasteiger partial charge in [0.25, 0.3) is 0 Å². The highest BCUT2D eigenvalue weighted by Gasteiger charge is 2.76. The van der Waals surface area contributed by atoms with Crippen LogP contribution in [-0.4, -0.2) is 16.1 Å². The Morgan fingerprint density at radius 2 is 0.810 bits per heavy atom. The van der Waals surface area contributed by atoms with Crippen molar-refractivity contribution in [2.45, 2.75) is 110 Å². The summed E-state index contributed by atoms with van der Waals surface area (Å²) < 4.78 is 0.539. The smallest absolute Gasteiger partial charge is 0.0566 e. The van der Waals surface area contributed by atoms with E-state index in [9.17, 15) is 0 Å². The van der Waals surface area contributed by atoms with Crippen LogP contribution in [-0.2, 0) is 0 Å². The average Bonchev–Trinajstić information content (AvgIpc) is 2.23. The lowest BCUT2D eigenvalue weighted by Gasteiger charge is -2.78. The van der Waals surface area contributed by atoms with Crippen molar-refractivity contribution in [1.29, 1.82) is 0 Å².